The molecule has 1 fully saturated rings. The highest BCUT2D eigenvalue weighted by molar-refractivity contribution is 5.97. The maximum atomic E-state index is 13.2. The van der Waals surface area contributed by atoms with Crippen molar-refractivity contribution < 1.29 is 14.0 Å². The summed E-state index contributed by atoms with van der Waals surface area (Å²) in [4.78, 5) is 26.1. The van der Waals surface area contributed by atoms with E-state index < -0.39 is 11.7 Å². The fourth-order valence-corrected chi connectivity index (χ4v) is 2.88. The van der Waals surface area contributed by atoms with E-state index in [-0.39, 0.29) is 18.2 Å². The Kier molecular flexibility index (Phi) is 4.89. The zero-order valence-corrected chi connectivity index (χ0v) is 13.2. The molecule has 0 aliphatic carbocycles. The molecule has 24 heavy (non-hydrogen) atoms. The van der Waals surface area contributed by atoms with E-state index in [0.717, 1.165) is 12.0 Å². The Hall–Kier alpha value is -2.69. The molecule has 2 aromatic rings. The van der Waals surface area contributed by atoms with Gasteiger partial charge >= 0.3 is 0 Å². The molecule has 1 aliphatic rings. The van der Waals surface area contributed by atoms with Gasteiger partial charge in [-0.3, -0.25) is 9.59 Å². The van der Waals surface area contributed by atoms with Crippen LogP contribution in [0.15, 0.2) is 54.6 Å². The van der Waals surface area contributed by atoms with Crippen LogP contribution in [-0.2, 0) is 16.0 Å². The second kappa shape index (κ2) is 7.25. The summed E-state index contributed by atoms with van der Waals surface area (Å²) in [6.45, 7) is 1.01. The molecule has 1 aliphatic heterocycles. The fraction of sp³-hybridized carbons (Fsp3) is 0.263. The normalized spacial score (nSPS) is 17.1. The minimum absolute atomic E-state index is 0.00896. The lowest BCUT2D eigenvalue weighted by atomic mass is 10.1. The molecule has 2 amide bonds. The molecule has 1 heterocycles. The van der Waals surface area contributed by atoms with E-state index in [0.29, 0.717) is 18.8 Å². The van der Waals surface area contributed by atoms with Gasteiger partial charge in [0.05, 0.1) is 5.92 Å². The van der Waals surface area contributed by atoms with Crippen LogP contribution in [0.2, 0.25) is 0 Å². The van der Waals surface area contributed by atoms with Crippen molar-refractivity contribution >= 4 is 17.5 Å². The number of amides is 2. The zero-order valence-electron chi connectivity index (χ0n) is 13.2. The van der Waals surface area contributed by atoms with Crippen LogP contribution in [0.1, 0.15) is 12.0 Å². The molecular formula is C19H19FN2O2. The smallest absolute Gasteiger partial charge is 0.229 e. The van der Waals surface area contributed by atoms with Gasteiger partial charge in [0.2, 0.25) is 11.8 Å². The van der Waals surface area contributed by atoms with Crippen LogP contribution in [0.5, 0.6) is 0 Å². The number of hydrogen-bond donors (Lipinski definition) is 1. The van der Waals surface area contributed by atoms with Crippen LogP contribution in [0.3, 0.4) is 0 Å². The van der Waals surface area contributed by atoms with Crippen molar-refractivity contribution in [1.29, 1.82) is 0 Å². The highest BCUT2D eigenvalue weighted by Gasteiger charge is 2.33. The number of nitrogens with one attached hydrogen (secondary N) is 1. The van der Waals surface area contributed by atoms with Crippen LogP contribution < -0.4 is 5.32 Å². The minimum atomic E-state index is -0.403. The quantitative estimate of drug-likeness (QED) is 0.918. The molecule has 4 nitrogen and oxygen atoms in total. The molecule has 1 atom stereocenters. The van der Waals surface area contributed by atoms with Gasteiger partial charge < -0.3 is 10.2 Å². The van der Waals surface area contributed by atoms with Gasteiger partial charge in [-0.2, -0.15) is 0 Å². The molecule has 0 saturated carbocycles. The van der Waals surface area contributed by atoms with E-state index in [1.807, 2.05) is 30.3 Å². The van der Waals surface area contributed by atoms with Gasteiger partial charge in [-0.15, -0.1) is 0 Å². The largest absolute Gasteiger partial charge is 0.342 e. The van der Waals surface area contributed by atoms with Crippen molar-refractivity contribution in [2.24, 2.45) is 5.92 Å². The van der Waals surface area contributed by atoms with Crippen molar-refractivity contribution in [1.82, 2.24) is 4.90 Å². The molecule has 0 bridgehead atoms. The standard InChI is InChI=1S/C19H19FN2O2/c20-16-7-4-8-17(12-16)21-19(24)15-11-18(23)22(13-15)10-9-14-5-2-1-3-6-14/h1-8,12,15H,9-11,13H2,(H,21,24). The van der Waals surface area contributed by atoms with Gasteiger partial charge in [0.1, 0.15) is 5.82 Å². The van der Waals surface area contributed by atoms with Crippen molar-refractivity contribution in [3.05, 3.63) is 66.0 Å². The summed E-state index contributed by atoms with van der Waals surface area (Å²) in [6.07, 6.45) is 0.973. The van der Waals surface area contributed by atoms with Gasteiger partial charge in [-0.25, -0.2) is 4.39 Å². The Balaban J connectivity index is 1.55. The number of carbonyl (C=O) groups is 2. The lowest BCUT2D eigenvalue weighted by molar-refractivity contribution is -0.128. The molecule has 124 valence electrons. The SMILES string of the molecule is O=C(Nc1cccc(F)c1)C1CC(=O)N(CCc2ccccc2)C1. The van der Waals surface area contributed by atoms with Gasteiger partial charge in [-0.05, 0) is 30.2 Å². The number of nitrogens with zero attached hydrogens (tertiary/aromatic N) is 1. The molecule has 5 heteroatoms. The topological polar surface area (TPSA) is 49.4 Å². The summed E-state index contributed by atoms with van der Waals surface area (Å²) in [5.74, 6) is -1.04. The average molecular weight is 326 g/mol. The van der Waals surface area contributed by atoms with Crippen LogP contribution in [0.25, 0.3) is 0 Å². The van der Waals surface area contributed by atoms with E-state index in [2.05, 4.69) is 5.32 Å². The van der Waals surface area contributed by atoms with Gasteiger partial charge in [0.25, 0.3) is 0 Å². The Morgan fingerprint density at radius 3 is 2.71 bits per heavy atom. The Labute approximate surface area is 140 Å². The zero-order chi connectivity index (χ0) is 16.9. The first kappa shape index (κ1) is 16.2. The molecule has 0 spiro atoms. The molecule has 0 aromatic heterocycles. The number of likely N-dealkylation sites (tertiary alicyclic amines) is 1. The molecule has 2 aromatic carbocycles. The third kappa shape index (κ3) is 3.98. The van der Waals surface area contributed by atoms with Gasteiger partial charge in [-0.1, -0.05) is 36.4 Å². The summed E-state index contributed by atoms with van der Waals surface area (Å²) < 4.78 is 13.2. The lowest BCUT2D eigenvalue weighted by Crippen LogP contribution is -2.30. The van der Waals surface area contributed by atoms with Crippen molar-refractivity contribution in [3.63, 3.8) is 0 Å². The molecule has 3 rings (SSSR count). The van der Waals surface area contributed by atoms with E-state index >= 15 is 0 Å². The number of benzene rings is 2. The van der Waals surface area contributed by atoms with Crippen molar-refractivity contribution in [2.45, 2.75) is 12.8 Å². The Bertz CT molecular complexity index is 733. The van der Waals surface area contributed by atoms with E-state index in [1.165, 1.54) is 18.2 Å². The van der Waals surface area contributed by atoms with E-state index in [4.69, 9.17) is 0 Å². The number of carbonyl (C=O) groups excluding carboxylic acids is 2. The first-order valence-electron chi connectivity index (χ1n) is 8.00. The highest BCUT2D eigenvalue weighted by Crippen LogP contribution is 2.20. The van der Waals surface area contributed by atoms with Gasteiger partial charge in [0.15, 0.2) is 0 Å². The minimum Gasteiger partial charge on any atom is -0.342 e. The van der Waals surface area contributed by atoms with Crippen LogP contribution in [-0.4, -0.2) is 29.8 Å². The lowest BCUT2D eigenvalue weighted by Gasteiger charge is -2.16. The summed E-state index contributed by atoms with van der Waals surface area (Å²) in [5, 5.41) is 2.68. The number of anilines is 1. The summed E-state index contributed by atoms with van der Waals surface area (Å²) in [7, 11) is 0. The second-order valence-corrected chi connectivity index (χ2v) is 5.98. The number of hydrogen-bond acceptors (Lipinski definition) is 2. The van der Waals surface area contributed by atoms with Crippen LogP contribution in [0, 0.1) is 11.7 Å². The highest BCUT2D eigenvalue weighted by atomic mass is 19.1. The van der Waals surface area contributed by atoms with E-state index in [9.17, 15) is 14.0 Å². The average Bonchev–Trinajstić information content (AvgIpc) is 2.95. The predicted molar refractivity (Wildman–Crippen MR) is 89.9 cm³/mol. The Morgan fingerprint density at radius 2 is 1.96 bits per heavy atom. The first-order valence-corrected chi connectivity index (χ1v) is 8.00. The van der Waals surface area contributed by atoms with E-state index in [1.54, 1.807) is 11.0 Å². The molecule has 0 radical (unpaired) electrons. The fourth-order valence-electron chi connectivity index (χ4n) is 2.88. The molecular weight excluding hydrogens is 307 g/mol. The summed E-state index contributed by atoms with van der Waals surface area (Å²) in [5.41, 5.74) is 1.58. The van der Waals surface area contributed by atoms with Crippen LogP contribution >= 0.6 is 0 Å². The number of halogens is 1. The third-order valence-electron chi connectivity index (χ3n) is 4.19. The van der Waals surface area contributed by atoms with Gasteiger partial charge in [0, 0.05) is 25.2 Å². The van der Waals surface area contributed by atoms with Crippen molar-refractivity contribution in [3.8, 4) is 0 Å². The molecule has 1 N–H and O–H groups in total. The Morgan fingerprint density at radius 1 is 1.17 bits per heavy atom. The summed E-state index contributed by atoms with van der Waals surface area (Å²) >= 11 is 0. The first-order chi connectivity index (χ1) is 11.6. The monoisotopic (exact) mass is 326 g/mol. The number of rotatable bonds is 5. The molecule has 1 unspecified atom stereocenters. The predicted octanol–water partition coefficient (Wildman–Crippen LogP) is 2.86. The maximum Gasteiger partial charge on any atom is 0.229 e. The summed E-state index contributed by atoms with van der Waals surface area (Å²) in [6, 6.07) is 15.7. The second-order valence-electron chi connectivity index (χ2n) is 5.98. The van der Waals surface area contributed by atoms with Crippen molar-refractivity contribution in [2.75, 3.05) is 18.4 Å². The maximum absolute atomic E-state index is 13.2. The van der Waals surface area contributed by atoms with Crippen LogP contribution in [0.4, 0.5) is 10.1 Å². The third-order valence-corrected chi connectivity index (χ3v) is 4.19. The molecule has 1 saturated heterocycles.